The molecule has 146 valence electrons. The van der Waals surface area contributed by atoms with E-state index < -0.39 is 0 Å². The summed E-state index contributed by atoms with van der Waals surface area (Å²) < 4.78 is 5.45. The van der Waals surface area contributed by atoms with Crippen LogP contribution in [-0.4, -0.2) is 15.8 Å². The van der Waals surface area contributed by atoms with Crippen LogP contribution in [-0.2, 0) is 13.1 Å². The van der Waals surface area contributed by atoms with Gasteiger partial charge in [-0.1, -0.05) is 29.3 Å². The molecule has 0 radical (unpaired) electrons. The van der Waals surface area contributed by atoms with Gasteiger partial charge in [-0.05, 0) is 61.7 Å². The van der Waals surface area contributed by atoms with Crippen LogP contribution < -0.4 is 5.56 Å². The van der Waals surface area contributed by atoms with E-state index in [1.54, 1.807) is 23.3 Å². The van der Waals surface area contributed by atoms with Gasteiger partial charge in [0.15, 0.2) is 0 Å². The highest BCUT2D eigenvalue weighted by atomic mass is 16.3. The average Bonchev–Trinajstić information content (AvgIpc) is 3.21. The molecule has 2 heterocycles. The van der Waals surface area contributed by atoms with Gasteiger partial charge in [-0.2, -0.15) is 0 Å². The van der Waals surface area contributed by atoms with Crippen LogP contribution in [0.15, 0.2) is 76.1 Å². The van der Waals surface area contributed by atoms with Crippen LogP contribution in [0.1, 0.15) is 32.8 Å². The van der Waals surface area contributed by atoms with Crippen LogP contribution in [0.5, 0.6) is 0 Å². The number of H-pyrrole nitrogens is 1. The van der Waals surface area contributed by atoms with Gasteiger partial charge in [-0.15, -0.1) is 0 Å². The summed E-state index contributed by atoms with van der Waals surface area (Å²) in [7, 11) is 0. The van der Waals surface area contributed by atoms with Gasteiger partial charge in [0.1, 0.15) is 5.76 Å². The monoisotopic (exact) mass is 386 g/mol. The van der Waals surface area contributed by atoms with Crippen LogP contribution in [0.25, 0.3) is 10.9 Å². The molecule has 0 bridgehead atoms. The number of amides is 1. The standard InChI is InChI=1S/C24H22N2O3/c1-16-5-3-6-18(11-16)24(28)26(15-21-7-4-10-29-21)14-20-13-19-12-17(2)8-9-22(19)25-23(20)27/h3-13H,14-15H2,1-2H3,(H,25,27). The molecule has 0 saturated heterocycles. The Hall–Kier alpha value is -3.60. The smallest absolute Gasteiger partial charge is 0.254 e. The minimum Gasteiger partial charge on any atom is -0.467 e. The number of hydrogen-bond donors (Lipinski definition) is 1. The molecule has 0 atom stereocenters. The number of carbonyl (C=O) groups is 1. The van der Waals surface area contributed by atoms with Crippen molar-refractivity contribution in [2.24, 2.45) is 0 Å². The molecule has 0 unspecified atom stereocenters. The van der Waals surface area contributed by atoms with Crippen LogP contribution in [0.4, 0.5) is 0 Å². The van der Waals surface area contributed by atoms with Crippen molar-refractivity contribution < 1.29 is 9.21 Å². The lowest BCUT2D eigenvalue weighted by Gasteiger charge is -2.22. The van der Waals surface area contributed by atoms with E-state index in [-0.39, 0.29) is 24.6 Å². The lowest BCUT2D eigenvalue weighted by Crippen LogP contribution is -2.32. The zero-order valence-electron chi connectivity index (χ0n) is 16.4. The Balaban J connectivity index is 1.71. The van der Waals surface area contributed by atoms with E-state index in [1.807, 2.05) is 62.4 Å². The SMILES string of the molecule is Cc1cccc(C(=O)N(Cc2ccco2)Cc2cc3cc(C)ccc3[nH]c2=O)c1. The Kier molecular flexibility index (Phi) is 5.04. The summed E-state index contributed by atoms with van der Waals surface area (Å²) in [4.78, 5) is 30.4. The second-order valence-corrected chi connectivity index (χ2v) is 7.32. The van der Waals surface area contributed by atoms with Gasteiger partial charge in [0, 0.05) is 16.6 Å². The van der Waals surface area contributed by atoms with Crippen molar-refractivity contribution in [3.63, 3.8) is 0 Å². The van der Waals surface area contributed by atoms with Crippen molar-refractivity contribution in [3.8, 4) is 0 Å². The van der Waals surface area contributed by atoms with E-state index in [0.29, 0.717) is 16.9 Å². The number of pyridine rings is 1. The lowest BCUT2D eigenvalue weighted by molar-refractivity contribution is 0.0717. The van der Waals surface area contributed by atoms with E-state index in [9.17, 15) is 9.59 Å². The Labute approximate surface area is 168 Å². The van der Waals surface area contributed by atoms with E-state index in [1.165, 1.54) is 0 Å². The second kappa shape index (κ2) is 7.80. The first-order chi connectivity index (χ1) is 14.0. The number of fused-ring (bicyclic) bond motifs is 1. The third-order valence-corrected chi connectivity index (χ3v) is 4.92. The number of aromatic amines is 1. The van der Waals surface area contributed by atoms with Crippen molar-refractivity contribution in [3.05, 3.63) is 105 Å². The third-order valence-electron chi connectivity index (χ3n) is 4.92. The number of benzene rings is 2. The molecule has 2 aromatic carbocycles. The molecule has 4 aromatic rings. The Morgan fingerprint density at radius 1 is 0.966 bits per heavy atom. The normalized spacial score (nSPS) is 11.0. The molecule has 0 fully saturated rings. The number of hydrogen-bond acceptors (Lipinski definition) is 3. The summed E-state index contributed by atoms with van der Waals surface area (Å²) >= 11 is 0. The zero-order chi connectivity index (χ0) is 20.4. The minimum absolute atomic E-state index is 0.145. The zero-order valence-corrected chi connectivity index (χ0v) is 16.4. The molecule has 5 nitrogen and oxygen atoms in total. The first-order valence-corrected chi connectivity index (χ1v) is 9.50. The van der Waals surface area contributed by atoms with Gasteiger partial charge < -0.3 is 14.3 Å². The maximum atomic E-state index is 13.2. The summed E-state index contributed by atoms with van der Waals surface area (Å²) in [5.41, 5.74) is 3.83. The minimum atomic E-state index is -0.192. The molecule has 0 spiro atoms. The maximum Gasteiger partial charge on any atom is 0.254 e. The molecule has 29 heavy (non-hydrogen) atoms. The third kappa shape index (κ3) is 4.14. The number of nitrogens with one attached hydrogen (secondary N) is 1. The van der Waals surface area contributed by atoms with E-state index in [2.05, 4.69) is 4.98 Å². The number of nitrogens with zero attached hydrogens (tertiary/aromatic N) is 1. The van der Waals surface area contributed by atoms with Crippen LogP contribution in [0.3, 0.4) is 0 Å². The van der Waals surface area contributed by atoms with Crippen molar-refractivity contribution in [1.29, 1.82) is 0 Å². The molecule has 4 rings (SSSR count). The van der Waals surface area contributed by atoms with Crippen molar-refractivity contribution in [2.75, 3.05) is 0 Å². The Bertz CT molecular complexity index is 1220. The van der Waals surface area contributed by atoms with Gasteiger partial charge in [-0.3, -0.25) is 9.59 Å². The summed E-state index contributed by atoms with van der Waals surface area (Å²) in [6.07, 6.45) is 1.58. The predicted octanol–water partition coefficient (Wildman–Crippen LogP) is 4.58. The van der Waals surface area contributed by atoms with Crippen molar-refractivity contribution >= 4 is 16.8 Å². The fourth-order valence-corrected chi connectivity index (χ4v) is 3.45. The van der Waals surface area contributed by atoms with Crippen LogP contribution in [0, 0.1) is 13.8 Å². The van der Waals surface area contributed by atoms with Crippen LogP contribution in [0.2, 0.25) is 0 Å². The van der Waals surface area contributed by atoms with Gasteiger partial charge in [0.05, 0.1) is 19.4 Å². The quantitative estimate of drug-likeness (QED) is 0.546. The molecule has 2 aromatic heterocycles. The van der Waals surface area contributed by atoms with E-state index in [0.717, 1.165) is 22.0 Å². The summed E-state index contributed by atoms with van der Waals surface area (Å²) in [5, 5.41) is 0.945. The number of aryl methyl sites for hydroxylation is 2. The molecule has 1 amide bonds. The fraction of sp³-hybridized carbons (Fsp3) is 0.167. The maximum absolute atomic E-state index is 13.2. The molecule has 0 aliphatic carbocycles. The average molecular weight is 386 g/mol. The van der Waals surface area contributed by atoms with Gasteiger partial charge in [-0.25, -0.2) is 0 Å². The molecule has 0 aliphatic rings. The van der Waals surface area contributed by atoms with Gasteiger partial charge >= 0.3 is 0 Å². The molecule has 0 aliphatic heterocycles. The number of carbonyl (C=O) groups excluding carboxylic acids is 1. The molecule has 1 N–H and O–H groups in total. The molecule has 5 heteroatoms. The van der Waals surface area contributed by atoms with E-state index in [4.69, 9.17) is 4.42 Å². The number of rotatable bonds is 5. The first kappa shape index (κ1) is 18.7. The van der Waals surface area contributed by atoms with Gasteiger partial charge in [0.25, 0.3) is 11.5 Å². The van der Waals surface area contributed by atoms with Crippen LogP contribution >= 0.6 is 0 Å². The van der Waals surface area contributed by atoms with Crippen molar-refractivity contribution in [2.45, 2.75) is 26.9 Å². The highest BCUT2D eigenvalue weighted by Crippen LogP contribution is 2.17. The number of aromatic nitrogens is 1. The topological polar surface area (TPSA) is 66.3 Å². The highest BCUT2D eigenvalue weighted by molar-refractivity contribution is 5.94. The number of furan rings is 1. The Morgan fingerprint density at radius 2 is 1.79 bits per heavy atom. The summed E-state index contributed by atoms with van der Waals surface area (Å²) in [6, 6.07) is 18.8. The molecule has 0 saturated carbocycles. The summed E-state index contributed by atoms with van der Waals surface area (Å²) in [6.45, 7) is 4.43. The largest absolute Gasteiger partial charge is 0.467 e. The van der Waals surface area contributed by atoms with E-state index >= 15 is 0 Å². The Morgan fingerprint density at radius 3 is 2.55 bits per heavy atom. The highest BCUT2D eigenvalue weighted by Gasteiger charge is 2.19. The first-order valence-electron chi connectivity index (χ1n) is 9.50. The summed E-state index contributed by atoms with van der Waals surface area (Å²) in [5.74, 6) is 0.521. The molecular weight excluding hydrogens is 364 g/mol. The lowest BCUT2D eigenvalue weighted by atomic mass is 10.1. The predicted molar refractivity (Wildman–Crippen MR) is 113 cm³/mol. The van der Waals surface area contributed by atoms with Crippen molar-refractivity contribution in [1.82, 2.24) is 9.88 Å². The second-order valence-electron chi connectivity index (χ2n) is 7.32. The fourth-order valence-electron chi connectivity index (χ4n) is 3.45. The molecular formula is C24H22N2O3. The van der Waals surface area contributed by atoms with Gasteiger partial charge in [0.2, 0.25) is 0 Å².